The number of rotatable bonds is 5. The molecule has 21 heavy (non-hydrogen) atoms. The fourth-order valence-corrected chi connectivity index (χ4v) is 3.60. The van der Waals surface area contributed by atoms with Crippen molar-refractivity contribution < 1.29 is 0 Å². The zero-order valence-corrected chi connectivity index (χ0v) is 13.0. The van der Waals surface area contributed by atoms with Crippen LogP contribution in [0, 0.1) is 6.92 Å². The smallest absolute Gasteiger partial charge is 0.258 e. The first-order valence-corrected chi connectivity index (χ1v) is 8.24. The Balaban J connectivity index is 1.81. The van der Waals surface area contributed by atoms with Gasteiger partial charge in [0.1, 0.15) is 5.82 Å². The molecule has 3 aromatic rings. The van der Waals surface area contributed by atoms with Crippen molar-refractivity contribution in [2.75, 3.05) is 6.54 Å². The summed E-state index contributed by atoms with van der Waals surface area (Å²) in [5.41, 5.74) is 6.28. The SMILES string of the molecule is Cc1nnc(SCc2cc(=O)n3ccsc3n2)n1CCN. The van der Waals surface area contributed by atoms with Crippen molar-refractivity contribution in [3.05, 3.63) is 39.5 Å². The van der Waals surface area contributed by atoms with E-state index in [2.05, 4.69) is 15.2 Å². The molecule has 0 spiro atoms. The van der Waals surface area contributed by atoms with Crippen molar-refractivity contribution in [3.8, 4) is 0 Å². The Morgan fingerprint density at radius 1 is 1.43 bits per heavy atom. The Kier molecular flexibility index (Phi) is 4.04. The van der Waals surface area contributed by atoms with E-state index in [1.165, 1.54) is 23.1 Å². The number of hydrogen-bond donors (Lipinski definition) is 1. The largest absolute Gasteiger partial charge is 0.329 e. The molecule has 110 valence electrons. The van der Waals surface area contributed by atoms with Crippen LogP contribution in [-0.4, -0.2) is 30.7 Å². The van der Waals surface area contributed by atoms with Crippen molar-refractivity contribution in [3.63, 3.8) is 0 Å². The Labute approximate surface area is 128 Å². The van der Waals surface area contributed by atoms with Crippen LogP contribution < -0.4 is 11.3 Å². The van der Waals surface area contributed by atoms with Gasteiger partial charge in [0.15, 0.2) is 10.1 Å². The van der Waals surface area contributed by atoms with Gasteiger partial charge in [0.05, 0.1) is 5.69 Å². The molecule has 0 aliphatic rings. The molecule has 0 saturated carbocycles. The molecular weight excluding hydrogens is 308 g/mol. The molecule has 0 unspecified atom stereocenters. The lowest BCUT2D eigenvalue weighted by Gasteiger charge is -2.06. The van der Waals surface area contributed by atoms with E-state index in [9.17, 15) is 4.79 Å². The van der Waals surface area contributed by atoms with Gasteiger partial charge in [-0.3, -0.25) is 9.20 Å². The van der Waals surface area contributed by atoms with Gasteiger partial charge < -0.3 is 10.3 Å². The molecule has 3 aromatic heterocycles. The number of nitrogens with zero attached hydrogens (tertiary/aromatic N) is 5. The van der Waals surface area contributed by atoms with Crippen LogP contribution in [0.15, 0.2) is 27.6 Å². The zero-order chi connectivity index (χ0) is 14.8. The Hall–Kier alpha value is -1.71. The van der Waals surface area contributed by atoms with Gasteiger partial charge in [-0.2, -0.15) is 0 Å². The molecule has 0 aliphatic heterocycles. The maximum Gasteiger partial charge on any atom is 0.258 e. The second-order valence-corrected chi connectivity index (χ2v) is 6.22. The number of nitrogens with two attached hydrogens (primary N) is 1. The van der Waals surface area contributed by atoms with Gasteiger partial charge in [0, 0.05) is 36.5 Å². The van der Waals surface area contributed by atoms with Crippen molar-refractivity contribution in [1.29, 1.82) is 0 Å². The average Bonchev–Trinajstić information content (AvgIpc) is 3.06. The molecule has 2 N–H and O–H groups in total. The summed E-state index contributed by atoms with van der Waals surface area (Å²) < 4.78 is 3.51. The molecule has 0 saturated heterocycles. The van der Waals surface area contributed by atoms with Gasteiger partial charge >= 0.3 is 0 Å². The van der Waals surface area contributed by atoms with E-state index in [-0.39, 0.29) is 5.56 Å². The molecular formula is C12H14N6OS2. The Bertz CT molecular complexity index is 821. The summed E-state index contributed by atoms with van der Waals surface area (Å²) in [6, 6.07) is 1.56. The Morgan fingerprint density at radius 3 is 3.10 bits per heavy atom. The first-order valence-electron chi connectivity index (χ1n) is 6.37. The summed E-state index contributed by atoms with van der Waals surface area (Å²) in [4.78, 5) is 17.1. The molecule has 0 radical (unpaired) electrons. The van der Waals surface area contributed by atoms with Crippen LogP contribution in [0.3, 0.4) is 0 Å². The van der Waals surface area contributed by atoms with Crippen LogP contribution in [0.2, 0.25) is 0 Å². The summed E-state index contributed by atoms with van der Waals surface area (Å²) in [5, 5.41) is 10.8. The average molecular weight is 322 g/mol. The summed E-state index contributed by atoms with van der Waals surface area (Å²) >= 11 is 2.95. The lowest BCUT2D eigenvalue weighted by atomic mass is 10.4. The van der Waals surface area contributed by atoms with Crippen LogP contribution in [-0.2, 0) is 12.3 Å². The van der Waals surface area contributed by atoms with Crippen LogP contribution in [0.25, 0.3) is 4.96 Å². The molecule has 0 aromatic carbocycles. The van der Waals surface area contributed by atoms with Crippen molar-refractivity contribution in [2.24, 2.45) is 5.73 Å². The van der Waals surface area contributed by atoms with Gasteiger partial charge in [-0.1, -0.05) is 11.8 Å². The molecule has 0 aliphatic carbocycles. The van der Waals surface area contributed by atoms with Gasteiger partial charge in [-0.15, -0.1) is 21.5 Å². The van der Waals surface area contributed by atoms with Gasteiger partial charge in [-0.25, -0.2) is 4.98 Å². The Morgan fingerprint density at radius 2 is 2.29 bits per heavy atom. The fraction of sp³-hybridized carbons (Fsp3) is 0.333. The standard InChI is InChI=1S/C12H14N6OS2/c1-8-15-16-12(17(8)3-2-13)21-7-9-6-10(19)18-4-5-20-11(18)14-9/h4-6H,2-3,7,13H2,1H3. The second-order valence-electron chi connectivity index (χ2n) is 4.40. The predicted octanol–water partition coefficient (Wildman–Crippen LogP) is 0.907. The van der Waals surface area contributed by atoms with E-state index in [0.29, 0.717) is 23.8 Å². The van der Waals surface area contributed by atoms with Crippen LogP contribution in [0.4, 0.5) is 0 Å². The number of aromatic nitrogens is 5. The summed E-state index contributed by atoms with van der Waals surface area (Å²) in [7, 11) is 0. The molecule has 0 fully saturated rings. The number of thiazole rings is 1. The first kappa shape index (κ1) is 14.2. The zero-order valence-electron chi connectivity index (χ0n) is 11.4. The normalized spacial score (nSPS) is 11.3. The highest BCUT2D eigenvalue weighted by atomic mass is 32.2. The minimum absolute atomic E-state index is 0.0588. The number of thioether (sulfide) groups is 1. The van der Waals surface area contributed by atoms with Crippen molar-refractivity contribution in [1.82, 2.24) is 24.1 Å². The maximum atomic E-state index is 11.9. The minimum atomic E-state index is -0.0588. The van der Waals surface area contributed by atoms with Gasteiger partial charge in [0.2, 0.25) is 0 Å². The van der Waals surface area contributed by atoms with E-state index >= 15 is 0 Å². The topological polar surface area (TPSA) is 91.1 Å². The summed E-state index contributed by atoms with van der Waals surface area (Å²) in [6.45, 7) is 3.11. The van der Waals surface area contributed by atoms with Gasteiger partial charge in [-0.05, 0) is 6.92 Å². The van der Waals surface area contributed by atoms with Gasteiger partial charge in [0.25, 0.3) is 5.56 Å². The minimum Gasteiger partial charge on any atom is -0.329 e. The summed E-state index contributed by atoms with van der Waals surface area (Å²) in [6.07, 6.45) is 1.73. The monoisotopic (exact) mass is 322 g/mol. The quantitative estimate of drug-likeness (QED) is 0.702. The highest BCUT2D eigenvalue weighted by Crippen LogP contribution is 2.21. The maximum absolute atomic E-state index is 11.9. The van der Waals surface area contributed by atoms with E-state index in [1.807, 2.05) is 16.9 Å². The third kappa shape index (κ3) is 2.85. The van der Waals surface area contributed by atoms with Crippen molar-refractivity contribution in [2.45, 2.75) is 24.4 Å². The van der Waals surface area contributed by atoms with Crippen molar-refractivity contribution >= 4 is 28.1 Å². The lowest BCUT2D eigenvalue weighted by Crippen LogP contribution is -2.13. The van der Waals surface area contributed by atoms with E-state index in [1.54, 1.807) is 16.7 Å². The molecule has 0 atom stereocenters. The van der Waals surface area contributed by atoms with E-state index < -0.39 is 0 Å². The lowest BCUT2D eigenvalue weighted by molar-refractivity contribution is 0.627. The third-order valence-corrected chi connectivity index (χ3v) is 4.72. The van der Waals surface area contributed by atoms with Crippen LogP contribution in [0.5, 0.6) is 0 Å². The molecule has 7 nitrogen and oxygen atoms in total. The molecule has 9 heteroatoms. The van der Waals surface area contributed by atoms with E-state index in [4.69, 9.17) is 5.73 Å². The molecule has 3 heterocycles. The highest BCUT2D eigenvalue weighted by Gasteiger charge is 2.10. The fourth-order valence-electron chi connectivity index (χ4n) is 1.96. The molecule has 0 amide bonds. The van der Waals surface area contributed by atoms with E-state index in [0.717, 1.165) is 16.7 Å². The third-order valence-electron chi connectivity index (χ3n) is 2.96. The number of hydrogen-bond acceptors (Lipinski definition) is 7. The summed E-state index contributed by atoms with van der Waals surface area (Å²) in [5.74, 6) is 1.41. The highest BCUT2D eigenvalue weighted by molar-refractivity contribution is 7.98. The van der Waals surface area contributed by atoms with Crippen LogP contribution in [0.1, 0.15) is 11.5 Å². The molecule has 3 rings (SSSR count). The molecule has 0 bridgehead atoms. The number of aryl methyl sites for hydroxylation is 1. The predicted molar refractivity (Wildman–Crippen MR) is 82.7 cm³/mol. The first-order chi connectivity index (χ1) is 10.2. The number of fused-ring (bicyclic) bond motifs is 1. The second kappa shape index (κ2) is 5.96. The van der Waals surface area contributed by atoms with Crippen LogP contribution >= 0.6 is 23.1 Å².